The van der Waals surface area contributed by atoms with Crippen LogP contribution in [-0.4, -0.2) is 5.78 Å². The van der Waals surface area contributed by atoms with E-state index >= 15 is 0 Å². The zero-order chi connectivity index (χ0) is 13.0. The molecule has 4 heteroatoms. The Labute approximate surface area is 127 Å². The molecule has 98 valence electrons. The highest BCUT2D eigenvalue weighted by Gasteiger charge is 2.03. The first-order valence-corrected chi connectivity index (χ1v) is 6.40. The Bertz CT molecular complexity index is 593. The Morgan fingerprint density at radius 2 is 1.89 bits per heavy atom. The van der Waals surface area contributed by atoms with E-state index in [4.69, 9.17) is 0 Å². The number of pyridine rings is 1. The lowest BCUT2D eigenvalue weighted by atomic mass is 10.1. The molecule has 0 aliphatic carbocycles. The average molecular weight is 339 g/mol. The molecule has 0 atom stereocenters. The molecule has 1 aromatic heterocycles. The molecule has 0 spiro atoms. The predicted molar refractivity (Wildman–Crippen MR) is 75.2 cm³/mol. The molecule has 1 aromatic carbocycles. The summed E-state index contributed by atoms with van der Waals surface area (Å²) in [6.45, 7) is 2.01. The van der Waals surface area contributed by atoms with Crippen molar-refractivity contribution in [2.24, 2.45) is 0 Å². The fourth-order valence-corrected chi connectivity index (χ4v) is 1.84. The van der Waals surface area contributed by atoms with Crippen molar-refractivity contribution in [2.75, 3.05) is 0 Å². The number of hydrogen-bond acceptors (Lipinski definition) is 1. The van der Waals surface area contributed by atoms with Crippen LogP contribution in [0.3, 0.4) is 0 Å². The highest BCUT2D eigenvalue weighted by molar-refractivity contribution is 9.10. The summed E-state index contributed by atoms with van der Waals surface area (Å²) in [4.78, 5) is 11.9. The molecule has 0 radical (unpaired) electrons. The van der Waals surface area contributed by atoms with Crippen molar-refractivity contribution >= 4 is 27.9 Å². The maximum absolute atomic E-state index is 11.9. The molecule has 0 unspecified atom stereocenters. The van der Waals surface area contributed by atoms with Crippen LogP contribution in [0.2, 0.25) is 0 Å². The number of hydrogen-bond donors (Lipinski definition) is 0. The summed E-state index contributed by atoms with van der Waals surface area (Å²) in [7, 11) is 0. The van der Waals surface area contributed by atoms with E-state index in [1.54, 1.807) is 24.4 Å². The number of benzene rings is 1. The first-order chi connectivity index (χ1) is 8.65. The highest BCUT2D eigenvalue weighted by Crippen LogP contribution is 2.11. The Kier molecular flexibility index (Phi) is 5.93. The van der Waals surface area contributed by atoms with Crippen LogP contribution in [0, 0.1) is 6.92 Å². The number of halogens is 2. The largest absolute Gasteiger partial charge is 1.00 e. The smallest absolute Gasteiger partial charge is 0.191 e. The highest BCUT2D eigenvalue weighted by atomic mass is 79.9. The minimum atomic E-state index is -0.00324. The summed E-state index contributed by atoms with van der Waals surface area (Å²) in [6.07, 6.45) is 7.20. The minimum Gasteiger partial charge on any atom is -1.00 e. The maximum Gasteiger partial charge on any atom is 0.191 e. The molecule has 0 saturated heterocycles. The van der Waals surface area contributed by atoms with Crippen molar-refractivity contribution in [2.45, 2.75) is 6.92 Å². The number of carbonyl (C=O) groups is 1. The van der Waals surface area contributed by atoms with Crippen molar-refractivity contribution in [3.05, 3.63) is 70.5 Å². The maximum atomic E-state index is 11.9. The van der Waals surface area contributed by atoms with Crippen LogP contribution in [0.1, 0.15) is 15.9 Å². The lowest BCUT2D eigenvalue weighted by Crippen LogP contribution is -3.00. The van der Waals surface area contributed by atoms with Gasteiger partial charge in [-0.1, -0.05) is 15.9 Å². The number of aryl methyl sites for hydroxylation is 1. The topological polar surface area (TPSA) is 20.9 Å². The van der Waals surface area contributed by atoms with Crippen LogP contribution >= 0.6 is 15.9 Å². The molecule has 0 amide bonds. The third-order valence-electron chi connectivity index (χ3n) is 2.50. The van der Waals surface area contributed by atoms with Gasteiger partial charge in [0.05, 0.1) is 6.08 Å². The number of carbonyl (C=O) groups excluding carboxylic acids is 1. The van der Waals surface area contributed by atoms with Crippen LogP contribution in [0.5, 0.6) is 0 Å². The van der Waals surface area contributed by atoms with E-state index in [0.717, 1.165) is 10.0 Å². The number of ketones is 1. The van der Waals surface area contributed by atoms with Gasteiger partial charge in [0.25, 0.3) is 0 Å². The van der Waals surface area contributed by atoms with Crippen LogP contribution in [0.25, 0.3) is 6.20 Å². The molecular weight excluding hydrogens is 326 g/mol. The van der Waals surface area contributed by atoms with Crippen LogP contribution in [-0.2, 0) is 0 Å². The van der Waals surface area contributed by atoms with E-state index in [2.05, 4.69) is 15.9 Å². The molecule has 0 bridgehead atoms. The van der Waals surface area contributed by atoms with Crippen molar-refractivity contribution < 1.29 is 21.8 Å². The molecule has 0 aliphatic rings. The third kappa shape index (κ3) is 4.62. The normalized spacial score (nSPS) is 10.2. The lowest BCUT2D eigenvalue weighted by molar-refractivity contribution is -0.568. The van der Waals surface area contributed by atoms with Gasteiger partial charge < -0.3 is 12.4 Å². The van der Waals surface area contributed by atoms with Crippen LogP contribution < -0.4 is 17.0 Å². The Balaban J connectivity index is 0.00000180. The monoisotopic (exact) mass is 337 g/mol. The summed E-state index contributed by atoms with van der Waals surface area (Å²) in [5.74, 6) is -0.00324. The van der Waals surface area contributed by atoms with E-state index in [1.165, 1.54) is 0 Å². The molecular formula is C15H13BrClNO. The second-order valence-corrected chi connectivity index (χ2v) is 4.93. The molecule has 2 aromatic rings. The zero-order valence-corrected chi connectivity index (χ0v) is 12.7. The van der Waals surface area contributed by atoms with Gasteiger partial charge in [-0.2, -0.15) is 4.57 Å². The molecule has 2 nitrogen and oxygen atoms in total. The van der Waals surface area contributed by atoms with Gasteiger partial charge in [-0.15, -0.1) is 0 Å². The lowest BCUT2D eigenvalue weighted by Gasteiger charge is -1.95. The van der Waals surface area contributed by atoms with Gasteiger partial charge in [-0.3, -0.25) is 4.79 Å². The van der Waals surface area contributed by atoms with Crippen molar-refractivity contribution in [1.82, 2.24) is 0 Å². The molecule has 2 rings (SSSR count). The van der Waals surface area contributed by atoms with Crippen molar-refractivity contribution in [3.63, 3.8) is 0 Å². The standard InChI is InChI=1S/C15H13BrNO.ClH/c1-12-3-2-9-17(11-12)10-8-15(18)13-4-6-14(16)7-5-13;/h2-11H,1H3;1H/q+1;/p-1. The SMILES string of the molecule is Cc1ccc[n+](C=CC(=O)c2ccc(Br)cc2)c1.[Cl-]. The number of aromatic nitrogens is 1. The second-order valence-electron chi connectivity index (χ2n) is 4.02. The summed E-state index contributed by atoms with van der Waals surface area (Å²) < 4.78 is 2.84. The van der Waals surface area contributed by atoms with E-state index in [-0.39, 0.29) is 18.2 Å². The Hall–Kier alpha value is -1.45. The number of allylic oxidation sites excluding steroid dienone is 1. The number of rotatable bonds is 3. The van der Waals surface area contributed by atoms with E-state index in [1.807, 2.05) is 48.1 Å². The van der Waals surface area contributed by atoms with Gasteiger partial charge in [0.2, 0.25) is 0 Å². The van der Waals surface area contributed by atoms with E-state index < -0.39 is 0 Å². The van der Waals surface area contributed by atoms with Gasteiger partial charge in [0.1, 0.15) is 0 Å². The van der Waals surface area contributed by atoms with Gasteiger partial charge in [0, 0.05) is 21.7 Å². The third-order valence-corrected chi connectivity index (χ3v) is 3.03. The summed E-state index contributed by atoms with van der Waals surface area (Å²) in [5, 5.41) is 0. The molecule has 0 N–H and O–H groups in total. The fraction of sp³-hybridized carbons (Fsp3) is 0.0667. The summed E-state index contributed by atoms with van der Waals surface area (Å²) in [5.41, 5.74) is 1.83. The molecule has 1 heterocycles. The van der Waals surface area contributed by atoms with Crippen molar-refractivity contribution in [1.29, 1.82) is 0 Å². The molecule has 19 heavy (non-hydrogen) atoms. The second kappa shape index (κ2) is 7.22. The number of nitrogens with zero attached hydrogens (tertiary/aromatic N) is 1. The summed E-state index contributed by atoms with van der Waals surface area (Å²) in [6, 6.07) is 11.3. The van der Waals surface area contributed by atoms with Crippen LogP contribution in [0.15, 0.2) is 59.3 Å². The molecule has 0 aliphatic heterocycles. The average Bonchev–Trinajstić information content (AvgIpc) is 2.37. The van der Waals surface area contributed by atoms with Gasteiger partial charge in [0.15, 0.2) is 24.4 Å². The predicted octanol–water partition coefficient (Wildman–Crippen LogP) is 0.403. The summed E-state index contributed by atoms with van der Waals surface area (Å²) >= 11 is 3.34. The Morgan fingerprint density at radius 3 is 2.53 bits per heavy atom. The van der Waals surface area contributed by atoms with E-state index in [9.17, 15) is 4.79 Å². The zero-order valence-electron chi connectivity index (χ0n) is 10.4. The fourth-order valence-electron chi connectivity index (χ4n) is 1.57. The van der Waals surface area contributed by atoms with Gasteiger partial charge in [-0.25, -0.2) is 0 Å². The minimum absolute atomic E-state index is 0. The van der Waals surface area contributed by atoms with Gasteiger partial charge in [-0.05, 0) is 37.3 Å². The van der Waals surface area contributed by atoms with Crippen LogP contribution in [0.4, 0.5) is 0 Å². The van der Waals surface area contributed by atoms with Gasteiger partial charge >= 0.3 is 0 Å². The van der Waals surface area contributed by atoms with E-state index in [0.29, 0.717) is 5.56 Å². The quantitative estimate of drug-likeness (QED) is 0.451. The first-order valence-electron chi connectivity index (χ1n) is 5.61. The van der Waals surface area contributed by atoms with Crippen molar-refractivity contribution in [3.8, 4) is 0 Å². The molecule has 0 saturated carbocycles. The molecule has 0 fully saturated rings. The Morgan fingerprint density at radius 1 is 1.21 bits per heavy atom. The first kappa shape index (κ1) is 15.6.